The fourth-order valence-corrected chi connectivity index (χ4v) is 1.90. The number of rotatable bonds is 3. The highest BCUT2D eigenvalue weighted by atomic mass is 19.2. The van der Waals surface area contributed by atoms with Crippen LogP contribution in [0, 0.1) is 0 Å². The molecule has 0 unspecified atom stereocenters. The fraction of sp³-hybridized carbons (Fsp3) is 0.167. The summed E-state index contributed by atoms with van der Waals surface area (Å²) in [6, 6.07) is 6.67. The zero-order valence-corrected chi connectivity index (χ0v) is 10.1. The standard InChI is InChI=1S/C12H10BF2NO3/c1-2-16-7-9(12(18)19-13(14)15)11(17)8-5-3-4-6-10(8)16/h3-7H,2H2,1H3. The molecule has 19 heavy (non-hydrogen) atoms. The number of carbonyl (C=O) groups excluding carboxylic acids is 1. The quantitative estimate of drug-likeness (QED) is 0.798. The molecule has 1 heterocycles. The van der Waals surface area contributed by atoms with Crippen molar-refractivity contribution in [2.24, 2.45) is 0 Å². The van der Waals surface area contributed by atoms with Gasteiger partial charge in [0.2, 0.25) is 5.43 Å². The lowest BCUT2D eigenvalue weighted by Crippen LogP contribution is -2.23. The Kier molecular flexibility index (Phi) is 3.64. The van der Waals surface area contributed by atoms with E-state index >= 15 is 0 Å². The van der Waals surface area contributed by atoms with Gasteiger partial charge in [-0.05, 0) is 19.1 Å². The average molecular weight is 265 g/mol. The van der Waals surface area contributed by atoms with Crippen LogP contribution in [0.15, 0.2) is 35.3 Å². The van der Waals surface area contributed by atoms with Crippen molar-refractivity contribution in [2.75, 3.05) is 0 Å². The summed E-state index contributed by atoms with van der Waals surface area (Å²) in [5.74, 6) is -1.31. The molecule has 0 fully saturated rings. The number of nitrogens with zero attached hydrogens (tertiary/aromatic N) is 1. The Hall–Kier alpha value is -2.18. The minimum atomic E-state index is -3.24. The lowest BCUT2D eigenvalue weighted by Gasteiger charge is -2.10. The largest absolute Gasteiger partial charge is 0.798 e. The van der Waals surface area contributed by atoms with Gasteiger partial charge in [-0.2, -0.15) is 0 Å². The Morgan fingerprint density at radius 2 is 2.05 bits per heavy atom. The van der Waals surface area contributed by atoms with Crippen molar-refractivity contribution in [3.05, 3.63) is 46.2 Å². The summed E-state index contributed by atoms with van der Waals surface area (Å²) in [4.78, 5) is 23.5. The first-order valence-corrected chi connectivity index (χ1v) is 5.66. The van der Waals surface area contributed by atoms with Gasteiger partial charge in [-0.15, -0.1) is 0 Å². The first-order chi connectivity index (χ1) is 9.04. The van der Waals surface area contributed by atoms with E-state index in [1.54, 1.807) is 28.8 Å². The third-order valence-corrected chi connectivity index (χ3v) is 2.74. The van der Waals surface area contributed by atoms with Crippen LogP contribution in [0.1, 0.15) is 17.3 Å². The highest BCUT2D eigenvalue weighted by molar-refractivity contribution is 6.38. The summed E-state index contributed by atoms with van der Waals surface area (Å²) in [6.07, 6.45) is 1.25. The number of hydrogen-bond acceptors (Lipinski definition) is 3. The van der Waals surface area contributed by atoms with Gasteiger partial charge in [-0.25, -0.2) is 13.4 Å². The number of aromatic nitrogens is 1. The van der Waals surface area contributed by atoms with Crippen molar-refractivity contribution in [3.8, 4) is 0 Å². The second kappa shape index (κ2) is 5.21. The Bertz CT molecular complexity index is 684. The molecule has 98 valence electrons. The number of aryl methyl sites for hydroxylation is 1. The van der Waals surface area contributed by atoms with E-state index < -0.39 is 18.9 Å². The predicted molar refractivity (Wildman–Crippen MR) is 67.3 cm³/mol. The Labute approximate surface area is 107 Å². The predicted octanol–water partition coefficient (Wildman–Crippen LogP) is 2.10. The van der Waals surface area contributed by atoms with Crippen LogP contribution in [0.4, 0.5) is 8.63 Å². The first-order valence-electron chi connectivity index (χ1n) is 5.66. The van der Waals surface area contributed by atoms with Gasteiger partial charge in [-0.3, -0.25) is 4.79 Å². The van der Waals surface area contributed by atoms with Crippen LogP contribution in [0.2, 0.25) is 0 Å². The second-order valence-corrected chi connectivity index (χ2v) is 3.84. The molecule has 7 heteroatoms. The lowest BCUT2D eigenvalue weighted by molar-refractivity contribution is 0.0693. The van der Waals surface area contributed by atoms with Crippen LogP contribution in [0.5, 0.6) is 0 Å². The van der Waals surface area contributed by atoms with Gasteiger partial charge in [-0.1, -0.05) is 12.1 Å². The molecule has 1 aromatic carbocycles. The summed E-state index contributed by atoms with van der Waals surface area (Å²) in [5.41, 5.74) is -0.351. The van der Waals surface area contributed by atoms with Crippen LogP contribution in [-0.4, -0.2) is 18.0 Å². The molecular weight excluding hydrogens is 255 g/mol. The molecule has 0 bridgehead atoms. The van der Waals surface area contributed by atoms with Crippen LogP contribution in [0.3, 0.4) is 0 Å². The van der Waals surface area contributed by atoms with Crippen molar-refractivity contribution in [1.82, 2.24) is 4.57 Å². The molecule has 4 nitrogen and oxygen atoms in total. The molecule has 2 rings (SSSR count). The minimum Gasteiger partial charge on any atom is -0.474 e. The summed E-state index contributed by atoms with van der Waals surface area (Å²) in [7, 11) is -3.24. The smallest absolute Gasteiger partial charge is 0.474 e. The number of hydrogen-bond donors (Lipinski definition) is 0. The zero-order chi connectivity index (χ0) is 14.0. The third-order valence-electron chi connectivity index (χ3n) is 2.74. The van der Waals surface area contributed by atoms with E-state index in [4.69, 9.17) is 0 Å². The summed E-state index contributed by atoms with van der Waals surface area (Å²) < 4.78 is 29.5. The number of para-hydroxylation sites is 1. The molecule has 0 aliphatic carbocycles. The highest BCUT2D eigenvalue weighted by Crippen LogP contribution is 2.12. The topological polar surface area (TPSA) is 48.3 Å². The number of carbonyl (C=O) groups is 1. The van der Waals surface area contributed by atoms with Gasteiger partial charge in [0.25, 0.3) is 0 Å². The second-order valence-electron chi connectivity index (χ2n) is 3.84. The summed E-state index contributed by atoms with van der Waals surface area (Å²) in [6.45, 7) is 2.31. The molecule has 0 amide bonds. The average Bonchev–Trinajstić information content (AvgIpc) is 2.38. The highest BCUT2D eigenvalue weighted by Gasteiger charge is 2.25. The van der Waals surface area contributed by atoms with Gasteiger partial charge >= 0.3 is 13.4 Å². The molecule has 0 radical (unpaired) electrons. The van der Waals surface area contributed by atoms with Gasteiger partial charge in [0, 0.05) is 18.1 Å². The Balaban J connectivity index is 2.66. The van der Waals surface area contributed by atoms with E-state index in [1.165, 1.54) is 6.20 Å². The third kappa shape index (κ3) is 2.49. The Morgan fingerprint density at radius 3 is 2.68 bits per heavy atom. The number of benzene rings is 1. The maximum absolute atomic E-state index is 12.1. The molecule has 0 atom stereocenters. The monoisotopic (exact) mass is 265 g/mol. The molecule has 2 aromatic rings. The van der Waals surface area contributed by atoms with Crippen LogP contribution in [-0.2, 0) is 11.2 Å². The normalized spacial score (nSPS) is 10.5. The summed E-state index contributed by atoms with van der Waals surface area (Å²) in [5, 5.41) is 0.299. The molecule has 1 aromatic heterocycles. The van der Waals surface area contributed by atoms with E-state index in [-0.39, 0.29) is 5.56 Å². The SMILES string of the molecule is CCn1cc(C(=O)OB(F)F)c(=O)c2ccccc21. The van der Waals surface area contributed by atoms with Crippen LogP contribution in [0.25, 0.3) is 10.9 Å². The van der Waals surface area contributed by atoms with Crippen molar-refractivity contribution in [2.45, 2.75) is 13.5 Å². The lowest BCUT2D eigenvalue weighted by atomic mass is 10.1. The molecular formula is C12H10BF2NO3. The first kappa shape index (κ1) is 13.3. The summed E-state index contributed by atoms with van der Waals surface area (Å²) >= 11 is 0. The Morgan fingerprint density at radius 1 is 1.37 bits per heavy atom. The van der Waals surface area contributed by atoms with E-state index in [2.05, 4.69) is 4.65 Å². The maximum atomic E-state index is 12.1. The van der Waals surface area contributed by atoms with E-state index in [0.29, 0.717) is 17.4 Å². The molecule has 0 saturated heterocycles. The van der Waals surface area contributed by atoms with Crippen LogP contribution < -0.4 is 5.43 Å². The maximum Gasteiger partial charge on any atom is 0.798 e. The van der Waals surface area contributed by atoms with Gasteiger partial charge in [0.1, 0.15) is 5.56 Å². The van der Waals surface area contributed by atoms with E-state index in [0.717, 1.165) is 0 Å². The molecule has 0 aliphatic rings. The van der Waals surface area contributed by atoms with Gasteiger partial charge in [0.15, 0.2) is 0 Å². The van der Waals surface area contributed by atoms with E-state index in [1.807, 2.05) is 6.92 Å². The molecule has 0 N–H and O–H groups in total. The van der Waals surface area contributed by atoms with Crippen molar-refractivity contribution >= 4 is 24.3 Å². The van der Waals surface area contributed by atoms with Gasteiger partial charge < -0.3 is 9.22 Å². The zero-order valence-electron chi connectivity index (χ0n) is 10.1. The van der Waals surface area contributed by atoms with E-state index in [9.17, 15) is 18.2 Å². The van der Waals surface area contributed by atoms with Crippen molar-refractivity contribution in [3.63, 3.8) is 0 Å². The van der Waals surface area contributed by atoms with Gasteiger partial charge in [0.05, 0.1) is 5.52 Å². The number of fused-ring (bicyclic) bond motifs is 1. The van der Waals surface area contributed by atoms with Crippen LogP contribution >= 0.6 is 0 Å². The fourth-order valence-electron chi connectivity index (χ4n) is 1.90. The number of pyridine rings is 1. The van der Waals surface area contributed by atoms with Crippen molar-refractivity contribution < 1.29 is 18.1 Å². The van der Waals surface area contributed by atoms with Crippen molar-refractivity contribution in [1.29, 1.82) is 0 Å². The number of halogens is 2. The minimum absolute atomic E-state index is 0.299. The molecule has 0 spiro atoms. The molecule has 0 aliphatic heterocycles. The molecule has 0 saturated carbocycles.